The molecular weight excluding hydrogens is 331 g/mol. The second kappa shape index (κ2) is 6.49. The molecule has 0 aliphatic carbocycles. The van der Waals surface area contributed by atoms with Crippen molar-refractivity contribution in [2.45, 2.75) is 26.4 Å². The van der Waals surface area contributed by atoms with Gasteiger partial charge in [0.25, 0.3) is 0 Å². The molecule has 0 atom stereocenters. The van der Waals surface area contributed by atoms with Gasteiger partial charge in [-0.1, -0.05) is 53.0 Å². The second-order valence-corrected chi connectivity index (χ2v) is 6.05. The van der Waals surface area contributed by atoms with E-state index in [1.807, 2.05) is 39.0 Å². The zero-order valence-corrected chi connectivity index (χ0v) is 14.2. The van der Waals surface area contributed by atoms with Crippen molar-refractivity contribution in [2.75, 3.05) is 6.61 Å². The number of rotatable bonds is 4. The van der Waals surface area contributed by atoms with Crippen LogP contribution in [-0.4, -0.2) is 16.6 Å². The van der Waals surface area contributed by atoms with Gasteiger partial charge in [-0.2, -0.15) is 0 Å². The Labute approximate surface area is 139 Å². The van der Waals surface area contributed by atoms with Crippen LogP contribution in [0.15, 0.2) is 24.3 Å². The smallest absolute Gasteiger partial charge is 0.163 e. The normalized spacial score (nSPS) is 11.7. The zero-order chi connectivity index (χ0) is 15.6. The minimum Gasteiger partial charge on any atom is -0.368 e. The molecule has 0 saturated carbocycles. The lowest BCUT2D eigenvalue weighted by Crippen LogP contribution is -2.25. The third-order valence-corrected chi connectivity index (χ3v) is 3.88. The highest BCUT2D eigenvalue weighted by Gasteiger charge is 2.27. The second-order valence-electron chi connectivity index (χ2n) is 4.93. The van der Waals surface area contributed by atoms with Gasteiger partial charge in [0, 0.05) is 17.2 Å². The van der Waals surface area contributed by atoms with E-state index >= 15 is 0 Å². The maximum absolute atomic E-state index is 6.30. The summed E-state index contributed by atoms with van der Waals surface area (Å²) in [7, 11) is 0. The summed E-state index contributed by atoms with van der Waals surface area (Å²) in [6.07, 6.45) is 0. The largest absolute Gasteiger partial charge is 0.368 e. The number of nitrogens with zero attached hydrogens (tertiary/aromatic N) is 2. The summed E-state index contributed by atoms with van der Waals surface area (Å²) in [4.78, 5) is 8.66. The van der Waals surface area contributed by atoms with Crippen molar-refractivity contribution in [3.8, 4) is 11.1 Å². The zero-order valence-electron chi connectivity index (χ0n) is 12.0. The Kier molecular flexibility index (Phi) is 5.10. The fraction of sp³-hybridized carbons (Fsp3) is 0.333. The minimum absolute atomic E-state index is 0.255. The number of aromatic nitrogens is 2. The Hall–Kier alpha value is -0.870. The quantitative estimate of drug-likeness (QED) is 0.698. The predicted molar refractivity (Wildman–Crippen MR) is 87.2 cm³/mol. The van der Waals surface area contributed by atoms with Crippen LogP contribution in [0.25, 0.3) is 11.1 Å². The molecule has 6 heteroatoms. The SMILES string of the molecule is CCOC(C)(C)c1nc(Cl)c(-c2ccccc2Cl)c(Cl)n1. The Morgan fingerprint density at radius 1 is 1.05 bits per heavy atom. The van der Waals surface area contributed by atoms with Crippen LogP contribution in [-0.2, 0) is 10.3 Å². The van der Waals surface area contributed by atoms with Gasteiger partial charge < -0.3 is 4.74 Å². The van der Waals surface area contributed by atoms with Gasteiger partial charge in [-0.05, 0) is 26.8 Å². The Bertz CT molecular complexity index is 636. The molecule has 0 unspecified atom stereocenters. The molecule has 0 N–H and O–H groups in total. The summed E-state index contributed by atoms with van der Waals surface area (Å²) in [5.74, 6) is 0.440. The average Bonchev–Trinajstić information content (AvgIpc) is 2.40. The van der Waals surface area contributed by atoms with Gasteiger partial charge in [0.15, 0.2) is 5.82 Å². The molecule has 0 saturated heterocycles. The molecule has 1 aromatic heterocycles. The molecule has 0 aliphatic rings. The molecule has 0 aliphatic heterocycles. The van der Waals surface area contributed by atoms with Crippen molar-refractivity contribution in [1.82, 2.24) is 9.97 Å². The van der Waals surface area contributed by atoms with E-state index in [0.29, 0.717) is 28.6 Å². The summed E-state index contributed by atoms with van der Waals surface area (Å²) in [6, 6.07) is 7.28. The summed E-state index contributed by atoms with van der Waals surface area (Å²) in [5.41, 5.74) is 0.566. The Morgan fingerprint density at radius 3 is 2.14 bits per heavy atom. The Balaban J connectivity index is 2.56. The molecule has 21 heavy (non-hydrogen) atoms. The standard InChI is InChI=1S/C15H15Cl3N2O/c1-4-21-15(2,3)14-19-12(17)11(13(18)20-14)9-7-5-6-8-10(9)16/h5-8H,4H2,1-3H3. The highest BCUT2D eigenvalue weighted by molar-refractivity contribution is 6.40. The maximum atomic E-state index is 6.30. The number of ether oxygens (including phenoxy) is 1. The summed E-state index contributed by atoms with van der Waals surface area (Å²) >= 11 is 18.8. The molecule has 0 spiro atoms. The van der Waals surface area contributed by atoms with Crippen LogP contribution >= 0.6 is 34.8 Å². The first-order valence-electron chi connectivity index (χ1n) is 6.49. The highest BCUT2D eigenvalue weighted by atomic mass is 35.5. The fourth-order valence-electron chi connectivity index (χ4n) is 1.99. The van der Waals surface area contributed by atoms with E-state index in [4.69, 9.17) is 39.5 Å². The molecule has 112 valence electrons. The average molecular weight is 346 g/mol. The van der Waals surface area contributed by atoms with Gasteiger partial charge in [-0.25, -0.2) is 9.97 Å². The Morgan fingerprint density at radius 2 is 1.62 bits per heavy atom. The third-order valence-electron chi connectivity index (χ3n) is 3.01. The number of hydrogen-bond acceptors (Lipinski definition) is 3. The van der Waals surface area contributed by atoms with E-state index in [2.05, 4.69) is 9.97 Å². The van der Waals surface area contributed by atoms with E-state index in [0.717, 1.165) is 0 Å². The lowest BCUT2D eigenvalue weighted by atomic mass is 10.1. The van der Waals surface area contributed by atoms with Gasteiger partial charge in [-0.15, -0.1) is 0 Å². The predicted octanol–water partition coefficient (Wildman–Crippen LogP) is 5.38. The molecule has 1 aromatic carbocycles. The molecule has 2 rings (SSSR count). The molecule has 1 heterocycles. The van der Waals surface area contributed by atoms with E-state index in [1.165, 1.54) is 0 Å². The van der Waals surface area contributed by atoms with Crippen LogP contribution in [0.1, 0.15) is 26.6 Å². The van der Waals surface area contributed by atoms with Gasteiger partial charge in [-0.3, -0.25) is 0 Å². The molecule has 3 nitrogen and oxygen atoms in total. The van der Waals surface area contributed by atoms with Gasteiger partial charge in [0.2, 0.25) is 0 Å². The van der Waals surface area contributed by atoms with Crippen LogP contribution in [0, 0.1) is 0 Å². The third kappa shape index (κ3) is 3.49. The topological polar surface area (TPSA) is 35.0 Å². The first kappa shape index (κ1) is 16.5. The first-order valence-corrected chi connectivity index (χ1v) is 7.62. The lowest BCUT2D eigenvalue weighted by molar-refractivity contribution is -0.0207. The van der Waals surface area contributed by atoms with Crippen molar-refractivity contribution in [3.63, 3.8) is 0 Å². The minimum atomic E-state index is -0.666. The van der Waals surface area contributed by atoms with Crippen LogP contribution in [0.5, 0.6) is 0 Å². The van der Waals surface area contributed by atoms with Crippen molar-refractivity contribution in [2.24, 2.45) is 0 Å². The number of halogens is 3. The van der Waals surface area contributed by atoms with Crippen molar-refractivity contribution in [3.05, 3.63) is 45.4 Å². The summed E-state index contributed by atoms with van der Waals surface area (Å²) < 4.78 is 5.63. The van der Waals surface area contributed by atoms with E-state index in [-0.39, 0.29) is 10.3 Å². The molecule has 0 fully saturated rings. The number of benzene rings is 1. The maximum Gasteiger partial charge on any atom is 0.163 e. The van der Waals surface area contributed by atoms with Gasteiger partial charge in [0.1, 0.15) is 15.9 Å². The molecule has 0 bridgehead atoms. The van der Waals surface area contributed by atoms with Crippen molar-refractivity contribution in [1.29, 1.82) is 0 Å². The van der Waals surface area contributed by atoms with Gasteiger partial charge >= 0.3 is 0 Å². The van der Waals surface area contributed by atoms with Crippen LogP contribution in [0.3, 0.4) is 0 Å². The summed E-state index contributed by atoms with van der Waals surface area (Å²) in [6.45, 7) is 6.18. The molecular formula is C15H15Cl3N2O. The van der Waals surface area contributed by atoms with Crippen LogP contribution < -0.4 is 0 Å². The van der Waals surface area contributed by atoms with Crippen LogP contribution in [0.2, 0.25) is 15.3 Å². The molecule has 0 amide bonds. The number of hydrogen-bond donors (Lipinski definition) is 0. The monoisotopic (exact) mass is 344 g/mol. The van der Waals surface area contributed by atoms with Crippen LogP contribution in [0.4, 0.5) is 0 Å². The molecule has 2 aromatic rings. The van der Waals surface area contributed by atoms with Crippen molar-refractivity contribution >= 4 is 34.8 Å². The highest BCUT2D eigenvalue weighted by Crippen LogP contribution is 2.38. The van der Waals surface area contributed by atoms with Gasteiger partial charge in [0.05, 0.1) is 5.56 Å². The fourth-order valence-corrected chi connectivity index (χ4v) is 2.81. The first-order chi connectivity index (χ1) is 9.86. The van der Waals surface area contributed by atoms with E-state index in [9.17, 15) is 0 Å². The lowest BCUT2D eigenvalue weighted by Gasteiger charge is -2.23. The van der Waals surface area contributed by atoms with E-state index < -0.39 is 5.60 Å². The van der Waals surface area contributed by atoms with E-state index in [1.54, 1.807) is 6.07 Å². The summed E-state index contributed by atoms with van der Waals surface area (Å²) in [5, 5.41) is 1.05. The molecule has 0 radical (unpaired) electrons. The van der Waals surface area contributed by atoms with Crippen molar-refractivity contribution < 1.29 is 4.74 Å².